The highest BCUT2D eigenvalue weighted by Gasteiger charge is 2.19. The fourth-order valence-electron chi connectivity index (χ4n) is 2.54. The first-order valence-electron chi connectivity index (χ1n) is 8.32. The molecular formula is C20H16ClFN2O4S. The number of amides is 1. The molecule has 0 heterocycles. The first kappa shape index (κ1) is 20.6. The zero-order valence-electron chi connectivity index (χ0n) is 15.1. The second-order valence-corrected chi connectivity index (χ2v) is 8.06. The maximum absolute atomic E-state index is 13.3. The van der Waals surface area contributed by atoms with Gasteiger partial charge in [0.1, 0.15) is 11.6 Å². The van der Waals surface area contributed by atoms with Crippen LogP contribution < -0.4 is 14.8 Å². The predicted octanol–water partition coefficient (Wildman–Crippen LogP) is 4.54. The Morgan fingerprint density at radius 1 is 1.03 bits per heavy atom. The van der Waals surface area contributed by atoms with Gasteiger partial charge in [0.25, 0.3) is 15.9 Å². The third-order valence-corrected chi connectivity index (χ3v) is 5.49. The van der Waals surface area contributed by atoms with Crippen LogP contribution in [0.25, 0.3) is 0 Å². The molecule has 0 unspecified atom stereocenters. The summed E-state index contributed by atoms with van der Waals surface area (Å²) in [6, 6.07) is 15.3. The molecule has 6 nitrogen and oxygen atoms in total. The molecular weight excluding hydrogens is 419 g/mol. The van der Waals surface area contributed by atoms with Crippen LogP contribution in [0.15, 0.2) is 71.6 Å². The number of hydrogen-bond acceptors (Lipinski definition) is 4. The normalized spacial score (nSPS) is 11.0. The van der Waals surface area contributed by atoms with Crippen molar-refractivity contribution < 1.29 is 22.3 Å². The highest BCUT2D eigenvalue weighted by molar-refractivity contribution is 7.92. The summed E-state index contributed by atoms with van der Waals surface area (Å²) < 4.78 is 46.4. The molecule has 0 aliphatic carbocycles. The van der Waals surface area contributed by atoms with Crippen molar-refractivity contribution in [3.63, 3.8) is 0 Å². The number of carbonyl (C=O) groups is 1. The fraction of sp³-hybridized carbons (Fsp3) is 0.0500. The summed E-state index contributed by atoms with van der Waals surface area (Å²) >= 11 is 5.93. The van der Waals surface area contributed by atoms with Crippen molar-refractivity contribution in [2.75, 3.05) is 17.1 Å². The molecule has 3 rings (SSSR count). The number of halogens is 2. The predicted molar refractivity (Wildman–Crippen MR) is 110 cm³/mol. The minimum atomic E-state index is -4.03. The smallest absolute Gasteiger partial charge is 0.262 e. The number of rotatable bonds is 6. The van der Waals surface area contributed by atoms with Gasteiger partial charge in [-0.05, 0) is 54.6 Å². The van der Waals surface area contributed by atoms with Gasteiger partial charge < -0.3 is 10.1 Å². The van der Waals surface area contributed by atoms with Crippen molar-refractivity contribution in [2.45, 2.75) is 4.90 Å². The number of anilines is 2. The summed E-state index contributed by atoms with van der Waals surface area (Å²) in [5.74, 6) is -0.787. The number of ether oxygens (including phenoxy) is 1. The van der Waals surface area contributed by atoms with Crippen molar-refractivity contribution in [3.8, 4) is 5.75 Å². The molecule has 0 bridgehead atoms. The molecule has 0 aliphatic rings. The van der Waals surface area contributed by atoms with Crippen LogP contribution in [0, 0.1) is 5.82 Å². The molecule has 1 amide bonds. The van der Waals surface area contributed by atoms with E-state index in [-0.39, 0.29) is 27.6 Å². The Balaban J connectivity index is 1.86. The SMILES string of the molecule is COc1ccc(Cl)cc1NS(=O)(=O)c1cccc(C(=O)Nc2cccc(F)c2)c1. The van der Waals surface area contributed by atoms with E-state index in [1.807, 2.05) is 0 Å². The number of hydrogen-bond donors (Lipinski definition) is 2. The van der Waals surface area contributed by atoms with Crippen LogP contribution in [0.2, 0.25) is 5.02 Å². The van der Waals surface area contributed by atoms with Gasteiger partial charge in [-0.3, -0.25) is 9.52 Å². The lowest BCUT2D eigenvalue weighted by molar-refractivity contribution is 0.102. The molecule has 9 heteroatoms. The second-order valence-electron chi connectivity index (χ2n) is 5.94. The molecule has 0 radical (unpaired) electrons. The average molecular weight is 435 g/mol. The standard InChI is InChI=1S/C20H16ClFN2O4S/c1-28-19-9-8-14(21)11-18(19)24-29(26,27)17-7-2-4-13(10-17)20(25)23-16-6-3-5-15(22)12-16/h2-12,24H,1H3,(H,23,25). The van der Waals surface area contributed by atoms with E-state index in [1.165, 1.54) is 61.7 Å². The Bertz CT molecular complexity index is 1170. The van der Waals surface area contributed by atoms with Crippen molar-refractivity contribution in [2.24, 2.45) is 0 Å². The number of nitrogens with one attached hydrogen (secondary N) is 2. The van der Waals surface area contributed by atoms with E-state index in [9.17, 15) is 17.6 Å². The lowest BCUT2D eigenvalue weighted by Crippen LogP contribution is -2.16. The monoisotopic (exact) mass is 434 g/mol. The molecule has 0 aliphatic heterocycles. The molecule has 29 heavy (non-hydrogen) atoms. The largest absolute Gasteiger partial charge is 0.495 e. The lowest BCUT2D eigenvalue weighted by atomic mass is 10.2. The fourth-order valence-corrected chi connectivity index (χ4v) is 3.82. The van der Waals surface area contributed by atoms with Crippen LogP contribution in [0.4, 0.5) is 15.8 Å². The Morgan fingerprint density at radius 3 is 2.52 bits per heavy atom. The summed E-state index contributed by atoms with van der Waals surface area (Å²) in [5.41, 5.74) is 0.509. The van der Waals surface area contributed by atoms with E-state index >= 15 is 0 Å². The maximum Gasteiger partial charge on any atom is 0.262 e. The molecule has 0 saturated carbocycles. The molecule has 0 spiro atoms. The topological polar surface area (TPSA) is 84.5 Å². The summed E-state index contributed by atoms with van der Waals surface area (Å²) in [4.78, 5) is 12.3. The van der Waals surface area contributed by atoms with E-state index in [4.69, 9.17) is 16.3 Å². The summed E-state index contributed by atoms with van der Waals surface area (Å²) in [6.45, 7) is 0. The van der Waals surface area contributed by atoms with Gasteiger partial charge in [-0.15, -0.1) is 0 Å². The Labute approximate surface area is 172 Å². The molecule has 150 valence electrons. The van der Waals surface area contributed by atoms with Gasteiger partial charge >= 0.3 is 0 Å². The minimum absolute atomic E-state index is 0.0928. The molecule has 0 fully saturated rings. The van der Waals surface area contributed by atoms with Gasteiger partial charge in [-0.2, -0.15) is 0 Å². The van der Waals surface area contributed by atoms with Crippen LogP contribution in [0.3, 0.4) is 0 Å². The second kappa shape index (κ2) is 8.50. The van der Waals surface area contributed by atoms with Gasteiger partial charge in [-0.25, -0.2) is 12.8 Å². The van der Waals surface area contributed by atoms with Crippen LogP contribution in [0.1, 0.15) is 10.4 Å². The highest BCUT2D eigenvalue weighted by atomic mass is 35.5. The van der Waals surface area contributed by atoms with Crippen molar-refractivity contribution in [1.82, 2.24) is 0 Å². The lowest BCUT2D eigenvalue weighted by Gasteiger charge is -2.13. The van der Waals surface area contributed by atoms with E-state index < -0.39 is 21.7 Å². The molecule has 3 aromatic carbocycles. The van der Waals surface area contributed by atoms with E-state index in [0.29, 0.717) is 5.02 Å². The quantitative estimate of drug-likeness (QED) is 0.596. The Morgan fingerprint density at radius 2 is 1.79 bits per heavy atom. The van der Waals surface area contributed by atoms with E-state index in [1.54, 1.807) is 6.07 Å². The highest BCUT2D eigenvalue weighted by Crippen LogP contribution is 2.30. The minimum Gasteiger partial charge on any atom is -0.495 e. The van der Waals surface area contributed by atoms with Gasteiger partial charge in [0.2, 0.25) is 0 Å². The first-order valence-corrected chi connectivity index (χ1v) is 10.2. The number of carbonyl (C=O) groups excluding carboxylic acids is 1. The average Bonchev–Trinajstić information content (AvgIpc) is 2.68. The van der Waals surface area contributed by atoms with Gasteiger partial charge in [0.15, 0.2) is 0 Å². The summed E-state index contributed by atoms with van der Waals surface area (Å²) in [5, 5.41) is 2.85. The molecule has 0 aromatic heterocycles. The zero-order valence-corrected chi connectivity index (χ0v) is 16.7. The Hall–Kier alpha value is -3.10. The van der Waals surface area contributed by atoms with Gasteiger partial charge in [-0.1, -0.05) is 23.7 Å². The van der Waals surface area contributed by atoms with E-state index in [2.05, 4.69) is 10.0 Å². The summed E-state index contributed by atoms with van der Waals surface area (Å²) in [6.07, 6.45) is 0. The maximum atomic E-state index is 13.3. The van der Waals surface area contributed by atoms with Gasteiger partial charge in [0.05, 0.1) is 17.7 Å². The molecule has 0 saturated heterocycles. The van der Waals surface area contributed by atoms with Gasteiger partial charge in [0, 0.05) is 16.3 Å². The number of sulfonamides is 1. The van der Waals surface area contributed by atoms with Crippen molar-refractivity contribution in [1.29, 1.82) is 0 Å². The first-order chi connectivity index (χ1) is 13.8. The van der Waals surface area contributed by atoms with Crippen LogP contribution in [-0.2, 0) is 10.0 Å². The molecule has 3 aromatic rings. The Kier molecular flexibility index (Phi) is 6.05. The summed E-state index contributed by atoms with van der Waals surface area (Å²) in [7, 11) is -2.63. The third-order valence-electron chi connectivity index (χ3n) is 3.89. The zero-order chi connectivity index (χ0) is 21.0. The van der Waals surface area contributed by atoms with Crippen molar-refractivity contribution >= 4 is 38.9 Å². The van der Waals surface area contributed by atoms with Crippen LogP contribution in [0.5, 0.6) is 5.75 Å². The van der Waals surface area contributed by atoms with Crippen molar-refractivity contribution in [3.05, 3.63) is 83.1 Å². The third kappa shape index (κ3) is 5.04. The molecule has 0 atom stereocenters. The molecule has 2 N–H and O–H groups in total. The number of benzene rings is 3. The van der Waals surface area contributed by atoms with Crippen LogP contribution >= 0.6 is 11.6 Å². The van der Waals surface area contributed by atoms with Crippen LogP contribution in [-0.4, -0.2) is 21.4 Å². The van der Waals surface area contributed by atoms with E-state index in [0.717, 1.165) is 6.07 Å². The number of methoxy groups -OCH3 is 1.